The second-order valence-corrected chi connectivity index (χ2v) is 7.72. The molecule has 3 aromatic carbocycles. The number of ether oxygens (including phenoxy) is 2. The molecular formula is C24H20ClN3O3. The molecule has 0 atom stereocenters. The summed E-state index contributed by atoms with van der Waals surface area (Å²) in [5.74, 6) is 1.96. The van der Waals surface area contributed by atoms with Crippen molar-refractivity contribution in [2.45, 2.75) is 0 Å². The van der Waals surface area contributed by atoms with E-state index in [-0.39, 0.29) is 5.91 Å². The summed E-state index contributed by atoms with van der Waals surface area (Å²) < 4.78 is 11.7. The predicted octanol–water partition coefficient (Wildman–Crippen LogP) is 5.11. The van der Waals surface area contributed by atoms with E-state index in [4.69, 9.17) is 26.1 Å². The number of hydrogen-bond acceptors (Lipinski definition) is 5. The van der Waals surface area contributed by atoms with Crippen molar-refractivity contribution < 1.29 is 14.3 Å². The van der Waals surface area contributed by atoms with Gasteiger partial charge in [0, 0.05) is 29.4 Å². The van der Waals surface area contributed by atoms with E-state index in [1.54, 1.807) is 24.3 Å². The lowest BCUT2D eigenvalue weighted by Gasteiger charge is -2.30. The van der Waals surface area contributed by atoms with Crippen LogP contribution < -0.4 is 10.1 Å². The van der Waals surface area contributed by atoms with Gasteiger partial charge in [-0.2, -0.15) is 0 Å². The average Bonchev–Trinajstić information content (AvgIpc) is 2.96. The summed E-state index contributed by atoms with van der Waals surface area (Å²) in [6, 6.07) is 20.1. The number of anilines is 1. The number of rotatable bonds is 2. The van der Waals surface area contributed by atoms with E-state index >= 15 is 0 Å². The van der Waals surface area contributed by atoms with Gasteiger partial charge in [-0.15, -0.1) is 0 Å². The minimum atomic E-state index is -0.231. The predicted molar refractivity (Wildman–Crippen MR) is 121 cm³/mol. The first-order valence-corrected chi connectivity index (χ1v) is 10.4. The lowest BCUT2D eigenvalue weighted by atomic mass is 10.1. The number of fused-ring (bicyclic) bond motifs is 2. The summed E-state index contributed by atoms with van der Waals surface area (Å²) in [5.41, 5.74) is 2.74. The third-order valence-corrected chi connectivity index (χ3v) is 5.42. The van der Waals surface area contributed by atoms with Crippen LogP contribution in [0.4, 0.5) is 11.4 Å². The Kier molecular flexibility index (Phi) is 5.32. The van der Waals surface area contributed by atoms with Crippen molar-refractivity contribution in [3.8, 4) is 11.5 Å². The molecule has 0 radical (unpaired) electrons. The molecule has 2 heterocycles. The van der Waals surface area contributed by atoms with E-state index < -0.39 is 0 Å². The smallest absolute Gasteiger partial charge is 0.255 e. The van der Waals surface area contributed by atoms with Gasteiger partial charge in [0.1, 0.15) is 17.3 Å². The molecule has 0 bridgehead atoms. The molecule has 0 aromatic heterocycles. The van der Waals surface area contributed by atoms with Crippen LogP contribution in [0, 0.1) is 0 Å². The van der Waals surface area contributed by atoms with Crippen LogP contribution in [-0.2, 0) is 4.74 Å². The Hall–Kier alpha value is -3.35. The van der Waals surface area contributed by atoms with Crippen LogP contribution in [0.3, 0.4) is 0 Å². The first kappa shape index (κ1) is 19.6. The lowest BCUT2D eigenvalue weighted by Crippen LogP contribution is -2.41. The zero-order valence-corrected chi connectivity index (χ0v) is 17.4. The van der Waals surface area contributed by atoms with Crippen molar-refractivity contribution >= 4 is 34.7 Å². The second kappa shape index (κ2) is 8.41. The molecule has 1 N–H and O–H groups in total. The number of amidine groups is 1. The van der Waals surface area contributed by atoms with Gasteiger partial charge in [0.2, 0.25) is 0 Å². The van der Waals surface area contributed by atoms with Gasteiger partial charge < -0.3 is 19.7 Å². The van der Waals surface area contributed by atoms with Crippen LogP contribution in [0.5, 0.6) is 11.5 Å². The maximum absolute atomic E-state index is 12.7. The summed E-state index contributed by atoms with van der Waals surface area (Å²) in [5, 5.41) is 3.47. The Morgan fingerprint density at radius 2 is 1.81 bits per heavy atom. The summed E-state index contributed by atoms with van der Waals surface area (Å²) in [6.07, 6.45) is 0. The molecule has 0 unspecified atom stereocenters. The normalized spacial score (nSPS) is 15.1. The van der Waals surface area contributed by atoms with Crippen molar-refractivity contribution in [1.82, 2.24) is 4.90 Å². The van der Waals surface area contributed by atoms with E-state index in [1.807, 2.05) is 42.5 Å². The molecule has 0 saturated carbocycles. The zero-order chi connectivity index (χ0) is 21.2. The highest BCUT2D eigenvalue weighted by Crippen LogP contribution is 2.39. The summed E-state index contributed by atoms with van der Waals surface area (Å²) in [7, 11) is 0. The van der Waals surface area contributed by atoms with Gasteiger partial charge in [0.15, 0.2) is 5.75 Å². The van der Waals surface area contributed by atoms with Crippen LogP contribution in [0.15, 0.2) is 71.7 Å². The monoisotopic (exact) mass is 433 g/mol. The minimum absolute atomic E-state index is 0.231. The average molecular weight is 434 g/mol. The van der Waals surface area contributed by atoms with E-state index in [9.17, 15) is 4.79 Å². The standard InChI is InChI=1S/C24H20ClN3O3/c25-17-5-3-4-16(14-17)24(29)26-18-8-9-21-19(15-18)23(28-10-12-30-13-11-28)27-20-6-1-2-7-22(20)31-21/h1-9,14-15H,10-13H2,(H,26,29). The third-order valence-electron chi connectivity index (χ3n) is 5.19. The van der Waals surface area contributed by atoms with Crippen molar-refractivity contribution in [3.05, 3.63) is 82.9 Å². The first-order chi connectivity index (χ1) is 15.2. The highest BCUT2D eigenvalue weighted by molar-refractivity contribution is 6.31. The number of halogens is 1. The fraction of sp³-hybridized carbons (Fsp3) is 0.167. The number of nitrogens with one attached hydrogen (secondary N) is 1. The summed E-state index contributed by atoms with van der Waals surface area (Å²) in [6.45, 7) is 2.75. The van der Waals surface area contributed by atoms with Crippen molar-refractivity contribution in [2.75, 3.05) is 31.6 Å². The number of benzene rings is 3. The number of morpholine rings is 1. The maximum Gasteiger partial charge on any atom is 0.255 e. The van der Waals surface area contributed by atoms with Gasteiger partial charge in [0.05, 0.1) is 18.8 Å². The molecule has 3 aromatic rings. The van der Waals surface area contributed by atoms with Crippen molar-refractivity contribution in [1.29, 1.82) is 0 Å². The highest BCUT2D eigenvalue weighted by Gasteiger charge is 2.25. The number of aliphatic imine (C=N–C) groups is 1. The second-order valence-electron chi connectivity index (χ2n) is 7.28. The maximum atomic E-state index is 12.7. The van der Waals surface area contributed by atoms with Crippen molar-refractivity contribution in [3.63, 3.8) is 0 Å². The lowest BCUT2D eigenvalue weighted by molar-refractivity contribution is 0.0683. The molecule has 0 spiro atoms. The SMILES string of the molecule is O=C(Nc1ccc2c(c1)C(N1CCOCC1)=Nc1ccccc1O2)c1cccc(Cl)c1. The van der Waals surface area contributed by atoms with Gasteiger partial charge in [-0.3, -0.25) is 4.79 Å². The van der Waals surface area contributed by atoms with Crippen LogP contribution in [0.2, 0.25) is 5.02 Å². The fourth-order valence-corrected chi connectivity index (χ4v) is 3.84. The Balaban J connectivity index is 1.52. The molecule has 1 saturated heterocycles. The van der Waals surface area contributed by atoms with Crippen molar-refractivity contribution in [2.24, 2.45) is 4.99 Å². The molecular weight excluding hydrogens is 414 g/mol. The largest absolute Gasteiger partial charge is 0.454 e. The van der Waals surface area contributed by atoms with E-state index in [0.717, 1.165) is 30.2 Å². The number of carbonyl (C=O) groups excluding carboxylic acids is 1. The van der Waals surface area contributed by atoms with Gasteiger partial charge in [-0.25, -0.2) is 4.99 Å². The van der Waals surface area contributed by atoms with Gasteiger partial charge in [-0.1, -0.05) is 29.8 Å². The Labute approximate surface area is 185 Å². The fourth-order valence-electron chi connectivity index (χ4n) is 3.65. The first-order valence-electron chi connectivity index (χ1n) is 10.1. The molecule has 1 amide bonds. The van der Waals surface area contributed by atoms with E-state index in [0.29, 0.717) is 41.0 Å². The van der Waals surface area contributed by atoms with Gasteiger partial charge >= 0.3 is 0 Å². The molecule has 5 rings (SSSR count). The van der Waals surface area contributed by atoms with E-state index in [2.05, 4.69) is 10.2 Å². The number of para-hydroxylation sites is 2. The van der Waals surface area contributed by atoms with E-state index in [1.165, 1.54) is 0 Å². The molecule has 31 heavy (non-hydrogen) atoms. The molecule has 2 aliphatic heterocycles. The van der Waals surface area contributed by atoms with Crippen LogP contribution in [0.25, 0.3) is 0 Å². The van der Waals surface area contributed by atoms with Crippen LogP contribution in [-0.4, -0.2) is 42.9 Å². The topological polar surface area (TPSA) is 63.2 Å². The molecule has 6 nitrogen and oxygen atoms in total. The number of carbonyl (C=O) groups is 1. The Morgan fingerprint density at radius 1 is 0.968 bits per heavy atom. The summed E-state index contributed by atoms with van der Waals surface area (Å²) >= 11 is 6.03. The minimum Gasteiger partial charge on any atom is -0.454 e. The quantitative estimate of drug-likeness (QED) is 0.610. The number of hydrogen-bond donors (Lipinski definition) is 1. The zero-order valence-electron chi connectivity index (χ0n) is 16.7. The summed E-state index contributed by atoms with van der Waals surface area (Å²) in [4.78, 5) is 19.8. The number of amides is 1. The highest BCUT2D eigenvalue weighted by atomic mass is 35.5. The molecule has 0 aliphatic carbocycles. The Bertz CT molecular complexity index is 1170. The van der Waals surface area contributed by atoms with Gasteiger partial charge in [0.25, 0.3) is 5.91 Å². The van der Waals surface area contributed by atoms with Gasteiger partial charge in [-0.05, 0) is 48.5 Å². The number of nitrogens with zero attached hydrogens (tertiary/aromatic N) is 2. The molecule has 7 heteroatoms. The molecule has 2 aliphatic rings. The molecule has 1 fully saturated rings. The van der Waals surface area contributed by atoms with Crippen LogP contribution >= 0.6 is 11.6 Å². The third kappa shape index (κ3) is 4.13. The van der Waals surface area contributed by atoms with Crippen LogP contribution in [0.1, 0.15) is 15.9 Å². The molecule has 156 valence electrons. The Morgan fingerprint density at radius 3 is 2.65 bits per heavy atom.